The molecule has 0 aromatic carbocycles. The van der Waals surface area contributed by atoms with Crippen LogP contribution in [0.5, 0.6) is 5.88 Å². The third kappa shape index (κ3) is 5.81. The first kappa shape index (κ1) is 16.8. The molecule has 1 heterocycles. The molecule has 0 fully saturated rings. The summed E-state index contributed by atoms with van der Waals surface area (Å²) in [7, 11) is 3.65. The van der Waals surface area contributed by atoms with Gasteiger partial charge in [0.2, 0.25) is 0 Å². The molecule has 0 atom stereocenters. The molecule has 0 saturated heterocycles. The SMILES string of the molecule is COCCN(C)CCCOc1ncc(Br)cc1[N+](=O)[O-]. The molecule has 0 amide bonds. The first-order valence-electron chi connectivity index (χ1n) is 6.14. The van der Waals surface area contributed by atoms with Crippen molar-refractivity contribution in [3.63, 3.8) is 0 Å². The molecule has 0 aliphatic rings. The number of hydrogen-bond donors (Lipinski definition) is 0. The monoisotopic (exact) mass is 347 g/mol. The molecule has 7 nitrogen and oxygen atoms in total. The average Bonchev–Trinajstić information content (AvgIpc) is 2.42. The van der Waals surface area contributed by atoms with Crippen molar-refractivity contribution in [3.8, 4) is 5.88 Å². The summed E-state index contributed by atoms with van der Waals surface area (Å²) >= 11 is 3.15. The highest BCUT2D eigenvalue weighted by Gasteiger charge is 2.17. The third-order valence-corrected chi connectivity index (χ3v) is 3.03. The van der Waals surface area contributed by atoms with E-state index in [-0.39, 0.29) is 11.6 Å². The maximum atomic E-state index is 10.9. The van der Waals surface area contributed by atoms with Crippen molar-refractivity contribution >= 4 is 21.6 Å². The number of ether oxygens (including phenoxy) is 2. The Hall–Kier alpha value is -1.25. The Morgan fingerprint density at radius 1 is 1.45 bits per heavy atom. The van der Waals surface area contributed by atoms with E-state index in [4.69, 9.17) is 9.47 Å². The maximum Gasteiger partial charge on any atom is 0.332 e. The Balaban J connectivity index is 2.40. The van der Waals surface area contributed by atoms with Crippen molar-refractivity contribution in [2.45, 2.75) is 6.42 Å². The van der Waals surface area contributed by atoms with Crippen LogP contribution in [0.4, 0.5) is 5.69 Å². The van der Waals surface area contributed by atoms with E-state index in [0.717, 1.165) is 19.5 Å². The highest BCUT2D eigenvalue weighted by Crippen LogP contribution is 2.27. The molecule has 0 unspecified atom stereocenters. The van der Waals surface area contributed by atoms with Crippen LogP contribution < -0.4 is 4.74 Å². The van der Waals surface area contributed by atoms with Crippen LogP contribution in [0, 0.1) is 10.1 Å². The number of nitro groups is 1. The van der Waals surface area contributed by atoms with Crippen molar-refractivity contribution in [1.82, 2.24) is 9.88 Å². The Kier molecular flexibility index (Phi) is 7.42. The molecule has 0 bridgehead atoms. The molecule has 0 aliphatic carbocycles. The molecule has 0 saturated carbocycles. The summed E-state index contributed by atoms with van der Waals surface area (Å²) in [6.07, 6.45) is 2.24. The molecule has 112 valence electrons. The van der Waals surface area contributed by atoms with Gasteiger partial charge in [-0.25, -0.2) is 4.98 Å². The predicted octanol–water partition coefficient (Wildman–Crippen LogP) is 2.10. The van der Waals surface area contributed by atoms with Crippen molar-refractivity contribution in [2.75, 3.05) is 40.5 Å². The second-order valence-corrected chi connectivity index (χ2v) is 5.15. The predicted molar refractivity (Wildman–Crippen MR) is 78.1 cm³/mol. The van der Waals surface area contributed by atoms with Crippen LogP contribution in [0.3, 0.4) is 0 Å². The normalized spacial score (nSPS) is 10.8. The zero-order chi connectivity index (χ0) is 15.0. The second kappa shape index (κ2) is 8.83. The zero-order valence-corrected chi connectivity index (χ0v) is 13.1. The number of rotatable bonds is 9. The highest BCUT2D eigenvalue weighted by molar-refractivity contribution is 9.10. The van der Waals surface area contributed by atoms with Crippen molar-refractivity contribution in [3.05, 3.63) is 26.9 Å². The van der Waals surface area contributed by atoms with E-state index in [9.17, 15) is 10.1 Å². The summed E-state index contributed by atoms with van der Waals surface area (Å²) < 4.78 is 10.9. The largest absolute Gasteiger partial charge is 0.473 e. The summed E-state index contributed by atoms with van der Waals surface area (Å²) in [6, 6.07) is 1.38. The Labute approximate surface area is 126 Å². The molecule has 0 radical (unpaired) electrons. The van der Waals surface area contributed by atoms with Gasteiger partial charge in [0.25, 0.3) is 5.88 Å². The van der Waals surface area contributed by atoms with Gasteiger partial charge in [0.05, 0.1) is 18.1 Å². The molecule has 0 aliphatic heterocycles. The van der Waals surface area contributed by atoms with E-state index in [0.29, 0.717) is 17.7 Å². The maximum absolute atomic E-state index is 10.9. The molecule has 1 rings (SSSR count). The summed E-state index contributed by atoms with van der Waals surface area (Å²) in [6.45, 7) is 2.73. The Morgan fingerprint density at radius 3 is 2.85 bits per heavy atom. The molecule has 8 heteroatoms. The molecule has 1 aromatic rings. The number of pyridine rings is 1. The fourth-order valence-corrected chi connectivity index (χ4v) is 1.84. The molecular weight excluding hydrogens is 330 g/mol. The van der Waals surface area contributed by atoms with E-state index in [1.807, 2.05) is 7.05 Å². The highest BCUT2D eigenvalue weighted by atomic mass is 79.9. The van der Waals surface area contributed by atoms with Crippen molar-refractivity contribution < 1.29 is 14.4 Å². The van der Waals surface area contributed by atoms with Crippen LogP contribution in [0.1, 0.15) is 6.42 Å². The number of aromatic nitrogens is 1. The lowest BCUT2D eigenvalue weighted by Gasteiger charge is -2.15. The first-order chi connectivity index (χ1) is 9.54. The molecule has 0 N–H and O–H groups in total. The van der Waals surface area contributed by atoms with Gasteiger partial charge in [-0.15, -0.1) is 0 Å². The quantitative estimate of drug-likeness (QED) is 0.386. The standard InChI is InChI=1S/C12H18BrN3O4/c1-15(5-7-19-2)4-3-6-20-12-11(16(17)18)8-10(13)9-14-12/h8-9H,3-7H2,1-2H3. The lowest BCUT2D eigenvalue weighted by atomic mass is 10.4. The molecular formula is C12H18BrN3O4. The van der Waals surface area contributed by atoms with Crippen molar-refractivity contribution in [1.29, 1.82) is 0 Å². The Bertz CT molecular complexity index is 445. The Morgan fingerprint density at radius 2 is 2.20 bits per heavy atom. The number of nitrogens with zero attached hydrogens (tertiary/aromatic N) is 3. The average molecular weight is 348 g/mol. The van der Waals surface area contributed by atoms with Gasteiger partial charge in [-0.3, -0.25) is 10.1 Å². The fourth-order valence-electron chi connectivity index (χ4n) is 1.52. The minimum absolute atomic E-state index is 0.0535. The van der Waals surface area contributed by atoms with Crippen LogP contribution in [0.15, 0.2) is 16.7 Å². The topological polar surface area (TPSA) is 77.7 Å². The van der Waals surface area contributed by atoms with E-state index in [2.05, 4.69) is 25.8 Å². The van der Waals surface area contributed by atoms with E-state index < -0.39 is 4.92 Å². The number of hydrogen-bond acceptors (Lipinski definition) is 6. The van der Waals surface area contributed by atoms with Gasteiger partial charge >= 0.3 is 5.69 Å². The number of methoxy groups -OCH3 is 1. The minimum Gasteiger partial charge on any atom is -0.473 e. The summed E-state index contributed by atoms with van der Waals surface area (Å²) in [5.41, 5.74) is -0.132. The van der Waals surface area contributed by atoms with Crippen LogP contribution in [0.25, 0.3) is 0 Å². The van der Waals surface area contributed by atoms with E-state index in [1.54, 1.807) is 7.11 Å². The van der Waals surface area contributed by atoms with Gasteiger partial charge in [0.15, 0.2) is 0 Å². The summed E-state index contributed by atoms with van der Waals surface area (Å²) in [5.74, 6) is 0.0535. The van der Waals surface area contributed by atoms with Gasteiger partial charge in [-0.2, -0.15) is 0 Å². The van der Waals surface area contributed by atoms with E-state index >= 15 is 0 Å². The van der Waals surface area contributed by atoms with E-state index in [1.165, 1.54) is 12.3 Å². The number of halogens is 1. The van der Waals surface area contributed by atoms with Gasteiger partial charge in [-0.05, 0) is 29.4 Å². The lowest BCUT2D eigenvalue weighted by molar-refractivity contribution is -0.386. The van der Waals surface area contributed by atoms with Crippen LogP contribution >= 0.6 is 15.9 Å². The number of likely N-dealkylation sites (N-methyl/N-ethyl adjacent to an activating group) is 1. The molecule has 0 spiro atoms. The van der Waals surface area contributed by atoms with Gasteiger partial charge in [0.1, 0.15) is 0 Å². The molecule has 1 aromatic heterocycles. The van der Waals surface area contributed by atoms with Gasteiger partial charge in [0, 0.05) is 36.9 Å². The first-order valence-corrected chi connectivity index (χ1v) is 6.94. The van der Waals surface area contributed by atoms with Crippen molar-refractivity contribution in [2.24, 2.45) is 0 Å². The fraction of sp³-hybridized carbons (Fsp3) is 0.583. The summed E-state index contributed by atoms with van der Waals surface area (Å²) in [5, 5.41) is 10.9. The second-order valence-electron chi connectivity index (χ2n) is 4.23. The van der Waals surface area contributed by atoms with Gasteiger partial charge in [-0.1, -0.05) is 0 Å². The van der Waals surface area contributed by atoms with Gasteiger partial charge < -0.3 is 14.4 Å². The summed E-state index contributed by atoms with van der Waals surface area (Å²) in [4.78, 5) is 16.4. The zero-order valence-electron chi connectivity index (χ0n) is 11.5. The van der Waals surface area contributed by atoms with Crippen LogP contribution in [-0.2, 0) is 4.74 Å². The minimum atomic E-state index is -0.502. The van der Waals surface area contributed by atoms with Crippen LogP contribution in [0.2, 0.25) is 0 Å². The smallest absolute Gasteiger partial charge is 0.332 e. The van der Waals surface area contributed by atoms with Crippen LogP contribution in [-0.4, -0.2) is 55.3 Å². The third-order valence-electron chi connectivity index (χ3n) is 2.60. The lowest BCUT2D eigenvalue weighted by Crippen LogP contribution is -2.25. The molecule has 20 heavy (non-hydrogen) atoms.